The van der Waals surface area contributed by atoms with E-state index >= 15 is 0 Å². The summed E-state index contributed by atoms with van der Waals surface area (Å²) in [6.07, 6.45) is 0.787. The van der Waals surface area contributed by atoms with Crippen molar-refractivity contribution in [3.63, 3.8) is 0 Å². The van der Waals surface area contributed by atoms with Gasteiger partial charge in [-0.25, -0.2) is 0 Å². The Morgan fingerprint density at radius 1 is 1.48 bits per heavy atom. The van der Waals surface area contributed by atoms with Gasteiger partial charge in [0.05, 0.1) is 9.75 Å². The van der Waals surface area contributed by atoms with Crippen LogP contribution in [0.1, 0.15) is 26.5 Å². The molecule has 0 unspecified atom stereocenters. The number of nitrogens with zero attached hydrogens (tertiary/aromatic N) is 2. The summed E-state index contributed by atoms with van der Waals surface area (Å²) in [6.45, 7) is 3.08. The highest BCUT2D eigenvalue weighted by molar-refractivity contribution is 7.14. The third kappa shape index (κ3) is 3.63. The van der Waals surface area contributed by atoms with Crippen LogP contribution in [-0.2, 0) is 4.79 Å². The van der Waals surface area contributed by atoms with Crippen LogP contribution in [-0.4, -0.2) is 60.0 Å². The van der Waals surface area contributed by atoms with Gasteiger partial charge >= 0.3 is 0 Å². The molecule has 1 saturated heterocycles. The van der Waals surface area contributed by atoms with Gasteiger partial charge in [-0.15, -0.1) is 11.3 Å². The highest BCUT2D eigenvalue weighted by Crippen LogP contribution is 2.23. The first-order chi connectivity index (χ1) is 10.0. The highest BCUT2D eigenvalue weighted by Gasteiger charge is 2.25. The van der Waals surface area contributed by atoms with Gasteiger partial charge in [0.1, 0.15) is 13.2 Å². The zero-order valence-electron chi connectivity index (χ0n) is 12.2. The molecule has 0 radical (unpaired) electrons. The highest BCUT2D eigenvalue weighted by atomic mass is 32.1. The monoisotopic (exact) mass is 306 g/mol. The quantitative estimate of drug-likeness (QED) is 0.777. The molecule has 5 nitrogen and oxygen atoms in total. The number of hydrogen-bond acceptors (Lipinski definition) is 4. The van der Waals surface area contributed by atoms with Gasteiger partial charge in [0.15, 0.2) is 0 Å². The molecule has 0 aliphatic carbocycles. The lowest BCUT2D eigenvalue weighted by atomic mass is 10.2. The largest absolute Gasteiger partial charge is 0.384 e. The zero-order chi connectivity index (χ0) is 15.4. The maximum atomic E-state index is 12.5. The zero-order valence-corrected chi connectivity index (χ0v) is 13.0. The molecule has 1 aliphatic rings. The molecule has 0 aromatic carbocycles. The molecule has 2 rings (SSSR count). The van der Waals surface area contributed by atoms with Crippen LogP contribution in [0.2, 0.25) is 0 Å². The van der Waals surface area contributed by atoms with E-state index in [4.69, 9.17) is 5.11 Å². The second-order valence-corrected chi connectivity index (χ2v) is 6.03. The van der Waals surface area contributed by atoms with Gasteiger partial charge in [-0.1, -0.05) is 11.8 Å². The topological polar surface area (TPSA) is 60.9 Å². The van der Waals surface area contributed by atoms with Crippen molar-refractivity contribution in [1.82, 2.24) is 9.80 Å². The molecular weight excluding hydrogens is 288 g/mol. The second-order valence-electron chi connectivity index (χ2n) is 4.98. The normalized spacial score (nSPS) is 15.5. The van der Waals surface area contributed by atoms with Crippen molar-refractivity contribution in [1.29, 1.82) is 0 Å². The van der Waals surface area contributed by atoms with E-state index in [0.717, 1.165) is 16.9 Å². The lowest BCUT2D eigenvalue weighted by Gasteiger charge is -2.18. The van der Waals surface area contributed by atoms with Gasteiger partial charge in [0.25, 0.3) is 5.91 Å². The van der Waals surface area contributed by atoms with Gasteiger partial charge < -0.3 is 14.9 Å². The van der Waals surface area contributed by atoms with Gasteiger partial charge in [-0.2, -0.15) is 0 Å². The first-order valence-corrected chi connectivity index (χ1v) is 7.58. The summed E-state index contributed by atoms with van der Waals surface area (Å²) < 4.78 is 0. The van der Waals surface area contributed by atoms with Gasteiger partial charge in [0, 0.05) is 20.1 Å². The Hall–Kier alpha value is -1.84. The number of rotatable bonds is 1. The molecule has 1 aromatic rings. The number of aliphatic hydroxyl groups excluding tert-OH is 1. The van der Waals surface area contributed by atoms with E-state index in [1.165, 1.54) is 11.3 Å². The number of amides is 2. The SMILES string of the molecule is Cc1cc(C(=O)N2CCCN(C)C(=O)C2)sc1C#CCO. The molecule has 1 fully saturated rings. The van der Waals surface area contributed by atoms with E-state index in [0.29, 0.717) is 18.0 Å². The second kappa shape index (κ2) is 6.74. The van der Waals surface area contributed by atoms with Crippen LogP contribution < -0.4 is 0 Å². The Morgan fingerprint density at radius 2 is 2.24 bits per heavy atom. The molecule has 0 atom stereocenters. The Balaban J connectivity index is 2.18. The van der Waals surface area contributed by atoms with Crippen LogP contribution in [0.15, 0.2) is 6.07 Å². The molecule has 1 aromatic heterocycles. The smallest absolute Gasteiger partial charge is 0.264 e. The standard InChI is InChI=1S/C15H18N2O3S/c1-11-9-13(21-12(11)5-3-8-18)15(20)17-7-4-6-16(2)14(19)10-17/h9,18H,4,6-8,10H2,1-2H3. The average molecular weight is 306 g/mol. The summed E-state index contributed by atoms with van der Waals surface area (Å²) in [4.78, 5) is 29.0. The molecular formula is C15H18N2O3S. The summed E-state index contributed by atoms with van der Waals surface area (Å²) in [5.41, 5.74) is 0.919. The number of aryl methyl sites for hydroxylation is 1. The van der Waals surface area contributed by atoms with Crippen molar-refractivity contribution in [2.75, 3.05) is 33.3 Å². The predicted molar refractivity (Wildman–Crippen MR) is 81.2 cm³/mol. The molecule has 1 N–H and O–H groups in total. The molecule has 0 saturated carbocycles. The molecule has 21 heavy (non-hydrogen) atoms. The molecule has 1 aliphatic heterocycles. The van der Waals surface area contributed by atoms with Crippen molar-refractivity contribution >= 4 is 23.2 Å². The van der Waals surface area contributed by atoms with E-state index in [2.05, 4.69) is 11.8 Å². The minimum absolute atomic E-state index is 0.0329. The minimum Gasteiger partial charge on any atom is -0.384 e. The average Bonchev–Trinajstić information content (AvgIpc) is 2.74. The molecule has 2 heterocycles. The Kier molecular flexibility index (Phi) is 4.99. The Labute approximate surface area is 128 Å². The molecule has 6 heteroatoms. The molecule has 0 spiro atoms. The van der Waals surface area contributed by atoms with Gasteiger partial charge in [-0.3, -0.25) is 9.59 Å². The Morgan fingerprint density at radius 3 is 2.95 bits per heavy atom. The van der Waals surface area contributed by atoms with Crippen LogP contribution in [0, 0.1) is 18.8 Å². The van der Waals surface area contributed by atoms with E-state index in [-0.39, 0.29) is 25.0 Å². The lowest BCUT2D eigenvalue weighted by molar-refractivity contribution is -0.129. The van der Waals surface area contributed by atoms with Crippen molar-refractivity contribution in [3.8, 4) is 11.8 Å². The maximum Gasteiger partial charge on any atom is 0.264 e. The number of aliphatic hydroxyl groups is 1. The van der Waals surface area contributed by atoms with Gasteiger partial charge in [0.2, 0.25) is 5.91 Å². The fourth-order valence-corrected chi connectivity index (χ4v) is 3.16. The summed E-state index contributed by atoms with van der Waals surface area (Å²) >= 11 is 1.31. The molecule has 2 amide bonds. The third-order valence-electron chi connectivity index (χ3n) is 3.37. The predicted octanol–water partition coefficient (Wildman–Crippen LogP) is 0.705. The van der Waals surface area contributed by atoms with Crippen molar-refractivity contribution < 1.29 is 14.7 Å². The summed E-state index contributed by atoms with van der Waals surface area (Å²) in [5.74, 6) is 5.28. The van der Waals surface area contributed by atoms with Crippen molar-refractivity contribution in [2.24, 2.45) is 0 Å². The number of carbonyl (C=O) groups is 2. The van der Waals surface area contributed by atoms with Crippen LogP contribution >= 0.6 is 11.3 Å². The first kappa shape index (κ1) is 15.5. The summed E-state index contributed by atoms with van der Waals surface area (Å²) in [5, 5.41) is 8.74. The van der Waals surface area contributed by atoms with E-state index in [1.807, 2.05) is 6.92 Å². The van der Waals surface area contributed by atoms with E-state index in [1.54, 1.807) is 22.9 Å². The van der Waals surface area contributed by atoms with Crippen molar-refractivity contribution in [2.45, 2.75) is 13.3 Å². The number of likely N-dealkylation sites (N-methyl/N-ethyl adjacent to an activating group) is 1. The fourth-order valence-electron chi connectivity index (χ4n) is 2.15. The summed E-state index contributed by atoms with van der Waals surface area (Å²) in [7, 11) is 1.76. The van der Waals surface area contributed by atoms with Crippen LogP contribution in [0.3, 0.4) is 0 Å². The molecule has 0 bridgehead atoms. The van der Waals surface area contributed by atoms with Crippen molar-refractivity contribution in [3.05, 3.63) is 21.4 Å². The first-order valence-electron chi connectivity index (χ1n) is 6.76. The fraction of sp³-hybridized carbons (Fsp3) is 0.467. The maximum absolute atomic E-state index is 12.5. The van der Waals surface area contributed by atoms with E-state index < -0.39 is 0 Å². The lowest BCUT2D eigenvalue weighted by Crippen LogP contribution is -2.37. The van der Waals surface area contributed by atoms with Crippen LogP contribution in [0.5, 0.6) is 0 Å². The van der Waals surface area contributed by atoms with Gasteiger partial charge in [-0.05, 0) is 25.0 Å². The Bertz CT molecular complexity index is 612. The number of hydrogen-bond donors (Lipinski definition) is 1. The van der Waals surface area contributed by atoms with Crippen LogP contribution in [0.25, 0.3) is 0 Å². The minimum atomic E-state index is -0.201. The molecule has 112 valence electrons. The number of carbonyl (C=O) groups excluding carboxylic acids is 2. The number of thiophene rings is 1. The van der Waals surface area contributed by atoms with Crippen LogP contribution in [0.4, 0.5) is 0 Å². The summed E-state index contributed by atoms with van der Waals surface area (Å²) in [6, 6.07) is 1.80. The third-order valence-corrected chi connectivity index (χ3v) is 4.51. The van der Waals surface area contributed by atoms with E-state index in [9.17, 15) is 9.59 Å².